The van der Waals surface area contributed by atoms with Gasteiger partial charge in [-0.15, -0.1) is 0 Å². The molecule has 7 heterocycles. The average molecular weight is 633 g/mol. The summed E-state index contributed by atoms with van der Waals surface area (Å²) in [5, 5.41) is 8.39. The van der Waals surface area contributed by atoms with Crippen LogP contribution in [0.15, 0.2) is 6.07 Å². The number of pyridine rings is 1. The Morgan fingerprint density at radius 3 is 2.98 bits per heavy atom. The van der Waals surface area contributed by atoms with E-state index in [1.807, 2.05) is 0 Å². The van der Waals surface area contributed by atoms with Gasteiger partial charge in [0.1, 0.15) is 41.8 Å². The number of aromatic amines is 1. The summed E-state index contributed by atoms with van der Waals surface area (Å²) in [6, 6.07) is 2.00. The molecule has 1 aromatic carbocycles. The highest BCUT2D eigenvalue weighted by molar-refractivity contribution is 6.06. The molecule has 3 N–H and O–H groups in total. The zero-order chi connectivity index (χ0) is 31.2. The van der Waals surface area contributed by atoms with Gasteiger partial charge in [-0.25, -0.2) is 13.8 Å². The maximum Gasteiger partial charge on any atom is 0.319 e. The lowest BCUT2D eigenvalue weighted by Crippen LogP contribution is -2.43. The molecule has 1 aliphatic carbocycles. The van der Waals surface area contributed by atoms with E-state index in [4.69, 9.17) is 34.9 Å². The molecule has 242 valence electrons. The molecule has 4 aliphatic heterocycles. The van der Waals surface area contributed by atoms with Gasteiger partial charge >= 0.3 is 6.01 Å². The summed E-state index contributed by atoms with van der Waals surface area (Å²) in [5.74, 6) is 0.670. The molecule has 0 unspecified atom stereocenters. The maximum absolute atomic E-state index is 17.3. The van der Waals surface area contributed by atoms with Crippen LogP contribution in [-0.2, 0) is 11.2 Å². The molecule has 0 amide bonds. The normalized spacial score (nSPS) is 27.6. The van der Waals surface area contributed by atoms with Crippen molar-refractivity contribution in [2.45, 2.75) is 75.5 Å². The van der Waals surface area contributed by atoms with Crippen molar-refractivity contribution in [1.29, 1.82) is 0 Å². The van der Waals surface area contributed by atoms with Gasteiger partial charge < -0.3 is 24.8 Å². The first-order valence-corrected chi connectivity index (χ1v) is 16.6. The molecular formula is C33H38F2N8O3. The van der Waals surface area contributed by atoms with Crippen molar-refractivity contribution in [3.05, 3.63) is 23.0 Å². The summed E-state index contributed by atoms with van der Waals surface area (Å²) < 4.78 is 50.5. The number of hydrogen-bond acceptors (Lipinski definition) is 10. The third kappa shape index (κ3) is 4.27. The van der Waals surface area contributed by atoms with Gasteiger partial charge in [-0.3, -0.25) is 10.00 Å². The second-order valence-electron chi connectivity index (χ2n) is 13.7. The Hall–Kier alpha value is -3.84. The molecule has 5 aliphatic rings. The van der Waals surface area contributed by atoms with Crippen molar-refractivity contribution in [1.82, 2.24) is 30.0 Å². The van der Waals surface area contributed by atoms with Crippen LogP contribution in [0.4, 0.5) is 20.4 Å². The molecule has 4 aromatic rings. The van der Waals surface area contributed by atoms with E-state index in [-0.39, 0.29) is 41.7 Å². The fourth-order valence-electron chi connectivity index (χ4n) is 8.76. The maximum atomic E-state index is 17.3. The number of nitrogen functional groups attached to an aromatic ring is 1. The van der Waals surface area contributed by atoms with Crippen LogP contribution in [0.2, 0.25) is 0 Å². The lowest BCUT2D eigenvalue weighted by Gasteiger charge is -2.31. The van der Waals surface area contributed by atoms with E-state index < -0.39 is 17.5 Å². The van der Waals surface area contributed by atoms with Gasteiger partial charge in [-0.1, -0.05) is 6.92 Å². The van der Waals surface area contributed by atoms with Crippen molar-refractivity contribution in [2.24, 2.45) is 0 Å². The second-order valence-corrected chi connectivity index (χ2v) is 13.7. The van der Waals surface area contributed by atoms with Gasteiger partial charge in [0.05, 0.1) is 29.1 Å². The minimum atomic E-state index is -0.888. The zero-order valence-electron chi connectivity index (χ0n) is 26.0. The van der Waals surface area contributed by atoms with Gasteiger partial charge in [0.2, 0.25) is 5.88 Å². The number of alkyl halides is 1. The van der Waals surface area contributed by atoms with Crippen LogP contribution in [0.25, 0.3) is 33.1 Å². The molecule has 0 bridgehead atoms. The number of nitrogens with zero attached hydrogens (tertiary/aromatic N) is 6. The minimum Gasteiger partial charge on any atom is -0.475 e. The Morgan fingerprint density at radius 2 is 2.07 bits per heavy atom. The summed E-state index contributed by atoms with van der Waals surface area (Å²) >= 11 is 0. The van der Waals surface area contributed by atoms with Crippen molar-refractivity contribution in [2.75, 3.05) is 56.7 Å². The van der Waals surface area contributed by atoms with E-state index in [0.29, 0.717) is 67.3 Å². The third-order valence-electron chi connectivity index (χ3n) is 10.9. The molecule has 13 heteroatoms. The molecule has 3 aromatic heterocycles. The highest BCUT2D eigenvalue weighted by Crippen LogP contribution is 2.48. The first-order chi connectivity index (χ1) is 22.4. The lowest BCUT2D eigenvalue weighted by atomic mass is 9.79. The largest absolute Gasteiger partial charge is 0.475 e. The molecule has 0 radical (unpaired) electrons. The van der Waals surface area contributed by atoms with E-state index in [2.05, 4.69) is 33.0 Å². The fraction of sp³-hybridized carbons (Fsp3) is 0.576. The molecule has 3 saturated heterocycles. The van der Waals surface area contributed by atoms with Crippen LogP contribution in [0.1, 0.15) is 62.5 Å². The molecule has 11 nitrogen and oxygen atoms in total. The van der Waals surface area contributed by atoms with E-state index in [0.717, 1.165) is 61.7 Å². The lowest BCUT2D eigenvalue weighted by molar-refractivity contribution is 0.107. The van der Waals surface area contributed by atoms with E-state index in [1.165, 1.54) is 0 Å². The molecule has 0 spiro atoms. The van der Waals surface area contributed by atoms with Crippen LogP contribution in [-0.4, -0.2) is 93.9 Å². The standard InChI is InChI=1S/C33H38F2N8O3/c1-17-5-2-6-18-11-21-23(29(36)41-40-21)24(22(17)18)27-26(35)28-25-30(43-9-4-10-44-14-20(43)15-45-31(25)37-27)39-32(38-28)46-16-33-7-3-8-42(33)13-19(34)12-33/h11,17,19-20H,2-10,12-16H2,1H3,(H3,36,40,41)/t17-,19-,20+,33+/m1/s1. The third-order valence-corrected chi connectivity index (χ3v) is 10.9. The van der Waals surface area contributed by atoms with E-state index in [9.17, 15) is 4.39 Å². The summed E-state index contributed by atoms with van der Waals surface area (Å²) in [5.41, 5.74) is 9.80. The Morgan fingerprint density at radius 1 is 1.15 bits per heavy atom. The number of rotatable bonds is 4. The number of aryl methyl sites for hydroxylation is 1. The fourth-order valence-corrected chi connectivity index (χ4v) is 8.76. The summed E-state index contributed by atoms with van der Waals surface area (Å²) in [6.45, 7) is 5.67. The SMILES string of the molecule is C[C@@H]1CCCc2cc3[nH]nc(N)c3c(-c3nc4c5c(nc(OC[C@@]67CCCN6C[C@H](F)C7)nc5c3F)N3CCCOC[C@H]3CO4)c21. The van der Waals surface area contributed by atoms with Crippen LogP contribution < -0.4 is 20.1 Å². The number of nitrogens with one attached hydrogen (secondary N) is 1. The number of halogens is 2. The highest BCUT2D eigenvalue weighted by atomic mass is 19.1. The molecule has 46 heavy (non-hydrogen) atoms. The van der Waals surface area contributed by atoms with Crippen LogP contribution in [0, 0.1) is 5.82 Å². The first kappa shape index (κ1) is 28.4. The van der Waals surface area contributed by atoms with Gasteiger partial charge in [-0.2, -0.15) is 15.1 Å². The first-order valence-electron chi connectivity index (χ1n) is 16.6. The number of H-pyrrole nitrogens is 1. The van der Waals surface area contributed by atoms with Gasteiger partial charge in [0.15, 0.2) is 11.6 Å². The van der Waals surface area contributed by atoms with Crippen LogP contribution in [0.5, 0.6) is 11.9 Å². The molecule has 3 fully saturated rings. The summed E-state index contributed by atoms with van der Waals surface area (Å²) in [4.78, 5) is 18.8. The molecule has 0 saturated carbocycles. The van der Waals surface area contributed by atoms with Crippen molar-refractivity contribution in [3.63, 3.8) is 0 Å². The topological polar surface area (TPSA) is 128 Å². The Labute approximate surface area is 264 Å². The number of anilines is 2. The number of nitrogens with two attached hydrogens (primary N) is 1. The zero-order valence-corrected chi connectivity index (χ0v) is 26.0. The second kappa shape index (κ2) is 10.6. The van der Waals surface area contributed by atoms with Gasteiger partial charge in [0, 0.05) is 31.7 Å². The van der Waals surface area contributed by atoms with Crippen molar-refractivity contribution < 1.29 is 23.0 Å². The number of aromatic nitrogens is 5. The summed E-state index contributed by atoms with van der Waals surface area (Å²) in [6.07, 6.45) is 5.04. The quantitative estimate of drug-likeness (QED) is 0.328. The number of hydrogen-bond donors (Lipinski definition) is 2. The monoisotopic (exact) mass is 632 g/mol. The van der Waals surface area contributed by atoms with Crippen LogP contribution in [0.3, 0.4) is 0 Å². The Kier molecular flexibility index (Phi) is 6.54. The predicted molar refractivity (Wildman–Crippen MR) is 169 cm³/mol. The van der Waals surface area contributed by atoms with E-state index in [1.54, 1.807) is 0 Å². The number of ether oxygens (including phenoxy) is 3. The summed E-state index contributed by atoms with van der Waals surface area (Å²) in [7, 11) is 0. The van der Waals surface area contributed by atoms with Gasteiger partial charge in [0.25, 0.3) is 0 Å². The predicted octanol–water partition coefficient (Wildman–Crippen LogP) is 4.67. The van der Waals surface area contributed by atoms with Crippen molar-refractivity contribution in [3.8, 4) is 23.1 Å². The molecule has 9 rings (SSSR count). The van der Waals surface area contributed by atoms with Crippen molar-refractivity contribution >= 4 is 33.4 Å². The highest BCUT2D eigenvalue weighted by Gasteiger charge is 2.49. The molecular weight excluding hydrogens is 594 g/mol. The van der Waals surface area contributed by atoms with Crippen LogP contribution >= 0.6 is 0 Å². The average Bonchev–Trinajstić information content (AvgIpc) is 3.59. The smallest absolute Gasteiger partial charge is 0.319 e. The number of fused-ring (bicyclic) bond motifs is 5. The van der Waals surface area contributed by atoms with E-state index >= 15 is 4.39 Å². The van der Waals surface area contributed by atoms with Gasteiger partial charge in [-0.05, 0) is 68.2 Å². The molecule has 4 atom stereocenters. The number of benzene rings is 1. The Balaban J connectivity index is 1.26. The Bertz CT molecular complexity index is 1870. The minimum absolute atomic E-state index is 0.0651.